The number of hydrogen-bond acceptors (Lipinski definition) is 4. The second-order valence-electron chi connectivity index (χ2n) is 6.07. The van der Waals surface area contributed by atoms with Crippen LogP contribution in [0, 0.1) is 10.1 Å². The molecule has 2 aliphatic heterocycles. The van der Waals surface area contributed by atoms with Crippen LogP contribution in [0.3, 0.4) is 0 Å². The minimum atomic E-state index is -0.300. The van der Waals surface area contributed by atoms with Gasteiger partial charge in [0.1, 0.15) is 0 Å². The summed E-state index contributed by atoms with van der Waals surface area (Å²) < 4.78 is 5.49. The first-order valence-electron chi connectivity index (χ1n) is 7.17. The van der Waals surface area contributed by atoms with E-state index < -0.39 is 0 Å². The fourth-order valence-electron chi connectivity index (χ4n) is 3.46. The predicted octanol–water partition coefficient (Wildman–Crippen LogP) is 2.87. The Labute approximate surface area is 118 Å². The van der Waals surface area contributed by atoms with Gasteiger partial charge in [-0.25, -0.2) is 0 Å². The van der Waals surface area contributed by atoms with Crippen LogP contribution in [-0.2, 0) is 10.2 Å². The highest BCUT2D eigenvalue weighted by Crippen LogP contribution is 2.48. The first-order chi connectivity index (χ1) is 9.53. The molecule has 108 valence electrons. The van der Waals surface area contributed by atoms with Gasteiger partial charge in [-0.15, -0.1) is 0 Å². The molecule has 1 saturated heterocycles. The molecule has 0 N–H and O–H groups in total. The van der Waals surface area contributed by atoms with Crippen molar-refractivity contribution >= 4 is 11.4 Å². The molecule has 1 aromatic carbocycles. The number of nitro benzene ring substituents is 1. The highest BCUT2D eigenvalue weighted by Gasteiger charge is 2.45. The largest absolute Gasteiger partial charge is 0.381 e. The molecule has 1 spiro atoms. The molecule has 5 heteroatoms. The molecule has 2 heterocycles. The van der Waals surface area contributed by atoms with Crippen LogP contribution < -0.4 is 4.90 Å². The second-order valence-corrected chi connectivity index (χ2v) is 6.07. The topological polar surface area (TPSA) is 55.6 Å². The molecule has 0 saturated carbocycles. The number of nitro groups is 1. The number of non-ortho nitro benzene ring substituents is 1. The Hall–Kier alpha value is -1.62. The lowest BCUT2D eigenvalue weighted by Crippen LogP contribution is -2.40. The molecule has 1 aromatic rings. The van der Waals surface area contributed by atoms with E-state index in [1.807, 2.05) is 6.07 Å². The number of nitrogens with zero attached hydrogens (tertiary/aromatic N) is 2. The zero-order valence-electron chi connectivity index (χ0n) is 12.0. The highest BCUT2D eigenvalue weighted by molar-refractivity contribution is 5.66. The molecule has 0 amide bonds. The number of hydrogen-bond donors (Lipinski definition) is 0. The van der Waals surface area contributed by atoms with Crippen molar-refractivity contribution in [3.63, 3.8) is 0 Å². The summed E-state index contributed by atoms with van der Waals surface area (Å²) in [6, 6.07) is 5.71. The standard InChI is InChI=1S/C15H20N2O3/c1-11(2)16-10-15(5-7-20-8-6-15)13-9-12(17(18)19)3-4-14(13)16/h3-4,9,11H,5-8,10H2,1-2H3. The van der Waals surface area contributed by atoms with E-state index in [1.54, 1.807) is 12.1 Å². The van der Waals surface area contributed by atoms with E-state index in [0.717, 1.165) is 43.9 Å². The van der Waals surface area contributed by atoms with Gasteiger partial charge in [0, 0.05) is 49.0 Å². The van der Waals surface area contributed by atoms with Gasteiger partial charge in [-0.2, -0.15) is 0 Å². The summed E-state index contributed by atoms with van der Waals surface area (Å²) in [5.41, 5.74) is 2.53. The number of benzene rings is 1. The number of rotatable bonds is 2. The molecule has 0 aromatic heterocycles. The maximum atomic E-state index is 11.1. The van der Waals surface area contributed by atoms with Crippen molar-refractivity contribution in [3.05, 3.63) is 33.9 Å². The summed E-state index contributed by atoms with van der Waals surface area (Å²) in [5.74, 6) is 0. The smallest absolute Gasteiger partial charge is 0.269 e. The summed E-state index contributed by atoms with van der Waals surface area (Å²) in [6.07, 6.45) is 1.90. The van der Waals surface area contributed by atoms with Crippen molar-refractivity contribution < 1.29 is 9.66 Å². The van der Waals surface area contributed by atoms with Gasteiger partial charge in [0.2, 0.25) is 0 Å². The van der Waals surface area contributed by atoms with Crippen molar-refractivity contribution in [3.8, 4) is 0 Å². The summed E-state index contributed by atoms with van der Waals surface area (Å²) >= 11 is 0. The monoisotopic (exact) mass is 276 g/mol. The second kappa shape index (κ2) is 4.74. The molecule has 20 heavy (non-hydrogen) atoms. The molecule has 0 aliphatic carbocycles. The molecular weight excluding hydrogens is 256 g/mol. The summed E-state index contributed by atoms with van der Waals surface area (Å²) in [5, 5.41) is 11.1. The quantitative estimate of drug-likeness (QED) is 0.615. The Morgan fingerprint density at radius 2 is 2.05 bits per heavy atom. The maximum Gasteiger partial charge on any atom is 0.269 e. The third-order valence-corrected chi connectivity index (χ3v) is 4.62. The molecule has 0 unspecified atom stereocenters. The van der Waals surface area contributed by atoms with Crippen LogP contribution in [0.2, 0.25) is 0 Å². The Balaban J connectivity index is 2.09. The minimum Gasteiger partial charge on any atom is -0.381 e. The van der Waals surface area contributed by atoms with Gasteiger partial charge in [-0.3, -0.25) is 10.1 Å². The fourth-order valence-corrected chi connectivity index (χ4v) is 3.46. The summed E-state index contributed by atoms with van der Waals surface area (Å²) in [6.45, 7) is 6.78. The van der Waals surface area contributed by atoms with Crippen LogP contribution in [0.4, 0.5) is 11.4 Å². The highest BCUT2D eigenvalue weighted by atomic mass is 16.6. The van der Waals surface area contributed by atoms with Crippen molar-refractivity contribution in [1.82, 2.24) is 0 Å². The molecular formula is C15H20N2O3. The van der Waals surface area contributed by atoms with Gasteiger partial charge in [0.15, 0.2) is 0 Å². The lowest BCUT2D eigenvalue weighted by Gasteiger charge is -2.35. The van der Waals surface area contributed by atoms with Crippen LogP contribution in [-0.4, -0.2) is 30.7 Å². The first-order valence-corrected chi connectivity index (χ1v) is 7.17. The van der Waals surface area contributed by atoms with Gasteiger partial charge in [0.25, 0.3) is 5.69 Å². The Morgan fingerprint density at radius 3 is 2.65 bits per heavy atom. The first kappa shape index (κ1) is 13.4. The average molecular weight is 276 g/mol. The summed E-state index contributed by atoms with van der Waals surface area (Å²) in [7, 11) is 0. The van der Waals surface area contributed by atoms with E-state index in [-0.39, 0.29) is 16.0 Å². The molecule has 2 aliphatic rings. The van der Waals surface area contributed by atoms with Crippen molar-refractivity contribution in [2.45, 2.75) is 38.1 Å². The number of anilines is 1. The molecule has 0 radical (unpaired) electrons. The number of fused-ring (bicyclic) bond motifs is 2. The average Bonchev–Trinajstić information content (AvgIpc) is 2.74. The Kier molecular flexibility index (Phi) is 3.17. The SMILES string of the molecule is CC(C)N1CC2(CCOCC2)c2cc([N+](=O)[O-])ccc21. The zero-order valence-corrected chi connectivity index (χ0v) is 12.0. The van der Waals surface area contributed by atoms with Crippen molar-refractivity contribution in [2.75, 3.05) is 24.7 Å². The Morgan fingerprint density at radius 1 is 1.35 bits per heavy atom. The van der Waals surface area contributed by atoms with Crippen molar-refractivity contribution in [1.29, 1.82) is 0 Å². The van der Waals surface area contributed by atoms with Crippen LogP contribution >= 0.6 is 0 Å². The van der Waals surface area contributed by atoms with E-state index in [4.69, 9.17) is 4.74 Å². The number of ether oxygens (including phenoxy) is 1. The van der Waals surface area contributed by atoms with E-state index in [9.17, 15) is 10.1 Å². The minimum absolute atomic E-state index is 0.0316. The molecule has 0 atom stereocenters. The van der Waals surface area contributed by atoms with Gasteiger partial charge >= 0.3 is 0 Å². The molecule has 3 rings (SSSR count). The van der Waals surface area contributed by atoms with Crippen molar-refractivity contribution in [2.24, 2.45) is 0 Å². The van der Waals surface area contributed by atoms with Gasteiger partial charge in [-0.1, -0.05) is 0 Å². The maximum absolute atomic E-state index is 11.1. The van der Waals surface area contributed by atoms with Crippen LogP contribution in [0.1, 0.15) is 32.3 Å². The lowest BCUT2D eigenvalue weighted by molar-refractivity contribution is -0.384. The third kappa shape index (κ3) is 1.97. The van der Waals surface area contributed by atoms with Gasteiger partial charge in [0.05, 0.1) is 4.92 Å². The van der Waals surface area contributed by atoms with Gasteiger partial charge < -0.3 is 9.64 Å². The zero-order chi connectivity index (χ0) is 14.3. The van der Waals surface area contributed by atoms with E-state index in [1.165, 1.54) is 0 Å². The lowest BCUT2D eigenvalue weighted by atomic mass is 9.76. The molecule has 1 fully saturated rings. The van der Waals surface area contributed by atoms with Crippen LogP contribution in [0.25, 0.3) is 0 Å². The van der Waals surface area contributed by atoms with Gasteiger partial charge in [-0.05, 0) is 38.3 Å². The van der Waals surface area contributed by atoms with E-state index in [0.29, 0.717) is 6.04 Å². The normalized spacial score (nSPS) is 20.4. The van der Waals surface area contributed by atoms with Crippen LogP contribution in [0.5, 0.6) is 0 Å². The summed E-state index contributed by atoms with van der Waals surface area (Å²) in [4.78, 5) is 13.1. The molecule has 5 nitrogen and oxygen atoms in total. The van der Waals surface area contributed by atoms with E-state index >= 15 is 0 Å². The Bertz CT molecular complexity index is 536. The van der Waals surface area contributed by atoms with E-state index in [2.05, 4.69) is 18.7 Å². The van der Waals surface area contributed by atoms with Crippen LogP contribution in [0.15, 0.2) is 18.2 Å². The molecule has 0 bridgehead atoms. The predicted molar refractivity (Wildman–Crippen MR) is 77.3 cm³/mol. The third-order valence-electron chi connectivity index (χ3n) is 4.62. The fraction of sp³-hybridized carbons (Fsp3) is 0.600.